The van der Waals surface area contributed by atoms with Gasteiger partial charge in [0.2, 0.25) is 11.8 Å². The largest absolute Gasteiger partial charge is 0.350 e. The number of nitrogens with two attached hydrogens (primary N) is 1. The summed E-state index contributed by atoms with van der Waals surface area (Å²) in [7, 11) is 0. The molecule has 0 aliphatic heterocycles. The molecule has 4 N–H and O–H groups in total. The summed E-state index contributed by atoms with van der Waals surface area (Å²) in [5, 5.41) is 5.59. The fourth-order valence-corrected chi connectivity index (χ4v) is 2.87. The van der Waals surface area contributed by atoms with Crippen LogP contribution in [-0.2, 0) is 22.6 Å². The lowest BCUT2D eigenvalue weighted by Crippen LogP contribution is -2.52. The minimum absolute atomic E-state index is 0.248. The molecule has 0 aliphatic rings. The monoisotopic (exact) mass is 385 g/mol. The average molecular weight is 385 g/mol. The maximum atomic E-state index is 13.0. The number of halogens is 1. The zero-order chi connectivity index (χ0) is 20.5. The molecule has 28 heavy (non-hydrogen) atoms. The Morgan fingerprint density at radius 2 is 1.61 bits per heavy atom. The first-order valence-corrected chi connectivity index (χ1v) is 9.47. The van der Waals surface area contributed by atoms with Gasteiger partial charge in [-0.15, -0.1) is 0 Å². The predicted molar refractivity (Wildman–Crippen MR) is 108 cm³/mol. The van der Waals surface area contributed by atoms with Gasteiger partial charge in [0.1, 0.15) is 11.9 Å². The molecule has 150 valence electrons. The molecule has 0 bridgehead atoms. The Kier molecular flexibility index (Phi) is 8.14. The molecule has 6 heteroatoms. The molecule has 2 atom stereocenters. The summed E-state index contributed by atoms with van der Waals surface area (Å²) in [6, 6.07) is 14.0. The van der Waals surface area contributed by atoms with E-state index < -0.39 is 12.1 Å². The van der Waals surface area contributed by atoms with Crippen molar-refractivity contribution in [1.82, 2.24) is 10.6 Å². The molecule has 0 saturated carbocycles. The van der Waals surface area contributed by atoms with Gasteiger partial charge in [0, 0.05) is 13.0 Å². The van der Waals surface area contributed by atoms with Crippen LogP contribution in [0.5, 0.6) is 0 Å². The van der Waals surface area contributed by atoms with Crippen molar-refractivity contribution in [2.24, 2.45) is 11.7 Å². The molecule has 2 aromatic rings. The Morgan fingerprint density at radius 1 is 0.964 bits per heavy atom. The number of hydrogen-bond acceptors (Lipinski definition) is 3. The molecular weight excluding hydrogens is 357 g/mol. The van der Waals surface area contributed by atoms with Crippen molar-refractivity contribution >= 4 is 11.8 Å². The summed E-state index contributed by atoms with van der Waals surface area (Å²) in [6.45, 7) is 4.23. The zero-order valence-corrected chi connectivity index (χ0v) is 16.3. The Balaban J connectivity index is 2.04. The van der Waals surface area contributed by atoms with E-state index in [0.717, 1.165) is 11.1 Å². The quantitative estimate of drug-likeness (QED) is 0.620. The number of amides is 2. The van der Waals surface area contributed by atoms with Crippen molar-refractivity contribution < 1.29 is 14.0 Å². The van der Waals surface area contributed by atoms with Crippen LogP contribution in [0.1, 0.15) is 31.4 Å². The van der Waals surface area contributed by atoms with Crippen molar-refractivity contribution in [3.8, 4) is 0 Å². The molecule has 2 rings (SSSR count). The number of carbonyl (C=O) groups excluding carboxylic acids is 2. The van der Waals surface area contributed by atoms with E-state index in [-0.39, 0.29) is 30.1 Å². The van der Waals surface area contributed by atoms with Gasteiger partial charge in [-0.2, -0.15) is 0 Å². The summed E-state index contributed by atoms with van der Waals surface area (Å²) >= 11 is 0. The minimum Gasteiger partial charge on any atom is -0.350 e. The van der Waals surface area contributed by atoms with E-state index >= 15 is 0 Å². The van der Waals surface area contributed by atoms with E-state index in [2.05, 4.69) is 10.6 Å². The number of rotatable bonds is 9. The van der Waals surface area contributed by atoms with Gasteiger partial charge in [-0.3, -0.25) is 9.59 Å². The standard InChI is InChI=1S/C22H28FN3O2/c1-15(2)12-19(24)21(27)26-20(13-16-6-4-3-5-7-16)22(28)25-14-17-8-10-18(23)11-9-17/h3-11,15,19-20H,12-14,24H2,1-2H3,(H,25,28)(H,26,27)/t19-,20-/m0/s1. The molecule has 0 radical (unpaired) electrons. The Hall–Kier alpha value is -2.73. The highest BCUT2D eigenvalue weighted by molar-refractivity contribution is 5.89. The molecule has 0 fully saturated rings. The minimum atomic E-state index is -0.742. The molecule has 2 aromatic carbocycles. The van der Waals surface area contributed by atoms with E-state index in [0.29, 0.717) is 12.8 Å². The second kappa shape index (κ2) is 10.6. The van der Waals surface area contributed by atoms with Crippen LogP contribution in [0.15, 0.2) is 54.6 Å². The molecule has 0 heterocycles. The average Bonchev–Trinajstić information content (AvgIpc) is 2.67. The topological polar surface area (TPSA) is 84.2 Å². The Bertz CT molecular complexity index is 763. The molecule has 0 aromatic heterocycles. The third kappa shape index (κ3) is 7.12. The highest BCUT2D eigenvalue weighted by Crippen LogP contribution is 2.07. The first-order chi connectivity index (χ1) is 13.3. The van der Waals surface area contributed by atoms with Crippen molar-refractivity contribution in [1.29, 1.82) is 0 Å². The Labute approximate surface area is 165 Å². The van der Waals surface area contributed by atoms with E-state index in [1.54, 1.807) is 12.1 Å². The smallest absolute Gasteiger partial charge is 0.243 e. The van der Waals surface area contributed by atoms with E-state index in [1.165, 1.54) is 12.1 Å². The molecule has 2 amide bonds. The normalized spacial score (nSPS) is 13.0. The summed E-state index contributed by atoms with van der Waals surface area (Å²) in [4.78, 5) is 25.2. The van der Waals surface area contributed by atoms with Crippen LogP contribution < -0.4 is 16.4 Å². The molecule has 0 aliphatic carbocycles. The lowest BCUT2D eigenvalue weighted by molar-refractivity contribution is -0.129. The number of carbonyl (C=O) groups is 2. The van der Waals surface area contributed by atoms with Gasteiger partial charge >= 0.3 is 0 Å². The van der Waals surface area contributed by atoms with E-state index in [9.17, 15) is 14.0 Å². The van der Waals surface area contributed by atoms with Gasteiger partial charge in [-0.1, -0.05) is 56.3 Å². The summed E-state index contributed by atoms with van der Waals surface area (Å²) in [5.41, 5.74) is 7.67. The van der Waals surface area contributed by atoms with Gasteiger partial charge in [-0.25, -0.2) is 4.39 Å². The summed E-state index contributed by atoms with van der Waals surface area (Å²) < 4.78 is 13.0. The van der Waals surface area contributed by atoms with Crippen LogP contribution in [-0.4, -0.2) is 23.9 Å². The summed E-state index contributed by atoms with van der Waals surface area (Å²) in [5.74, 6) is -0.700. The second-order valence-electron chi connectivity index (χ2n) is 7.33. The van der Waals surface area contributed by atoms with Gasteiger partial charge in [0.05, 0.1) is 6.04 Å². The van der Waals surface area contributed by atoms with Gasteiger partial charge in [-0.05, 0) is 35.6 Å². The van der Waals surface area contributed by atoms with Crippen molar-refractivity contribution in [2.45, 2.75) is 45.3 Å². The zero-order valence-electron chi connectivity index (χ0n) is 16.3. The van der Waals surface area contributed by atoms with E-state index in [1.807, 2.05) is 44.2 Å². The Morgan fingerprint density at radius 3 is 2.21 bits per heavy atom. The highest BCUT2D eigenvalue weighted by atomic mass is 19.1. The first-order valence-electron chi connectivity index (χ1n) is 9.47. The van der Waals surface area contributed by atoms with Crippen LogP contribution >= 0.6 is 0 Å². The first kappa shape index (κ1) is 21.6. The number of benzene rings is 2. The van der Waals surface area contributed by atoms with Gasteiger partial charge in [0.25, 0.3) is 0 Å². The van der Waals surface area contributed by atoms with Crippen LogP contribution in [0.25, 0.3) is 0 Å². The predicted octanol–water partition coefficient (Wildman–Crippen LogP) is 2.54. The number of hydrogen-bond donors (Lipinski definition) is 3. The fraction of sp³-hybridized carbons (Fsp3) is 0.364. The van der Waals surface area contributed by atoms with Crippen molar-refractivity contribution in [3.63, 3.8) is 0 Å². The van der Waals surface area contributed by atoms with Gasteiger partial charge < -0.3 is 16.4 Å². The van der Waals surface area contributed by atoms with Crippen molar-refractivity contribution in [3.05, 3.63) is 71.5 Å². The fourth-order valence-electron chi connectivity index (χ4n) is 2.87. The third-order valence-corrected chi connectivity index (χ3v) is 4.36. The van der Waals surface area contributed by atoms with Crippen LogP contribution in [0.2, 0.25) is 0 Å². The highest BCUT2D eigenvalue weighted by Gasteiger charge is 2.24. The summed E-state index contributed by atoms with van der Waals surface area (Å²) in [6.07, 6.45) is 0.900. The molecule has 0 unspecified atom stereocenters. The van der Waals surface area contributed by atoms with Crippen molar-refractivity contribution in [2.75, 3.05) is 0 Å². The molecule has 0 saturated heterocycles. The third-order valence-electron chi connectivity index (χ3n) is 4.36. The maximum absolute atomic E-state index is 13.0. The van der Waals surface area contributed by atoms with E-state index in [4.69, 9.17) is 5.73 Å². The SMILES string of the molecule is CC(C)C[C@H](N)C(=O)N[C@@H](Cc1ccccc1)C(=O)NCc1ccc(F)cc1. The van der Waals surface area contributed by atoms with Gasteiger partial charge in [0.15, 0.2) is 0 Å². The lowest BCUT2D eigenvalue weighted by Gasteiger charge is -2.21. The van der Waals surface area contributed by atoms with Crippen LogP contribution in [0, 0.1) is 11.7 Å². The molecule has 5 nitrogen and oxygen atoms in total. The second-order valence-corrected chi connectivity index (χ2v) is 7.33. The molecule has 0 spiro atoms. The maximum Gasteiger partial charge on any atom is 0.243 e. The lowest BCUT2D eigenvalue weighted by atomic mass is 10.0. The number of nitrogens with one attached hydrogen (secondary N) is 2. The van der Waals surface area contributed by atoms with Crippen LogP contribution in [0.3, 0.4) is 0 Å². The molecular formula is C22H28FN3O2. The van der Waals surface area contributed by atoms with Crippen LogP contribution in [0.4, 0.5) is 4.39 Å².